The molecule has 1 aliphatic rings. The van der Waals surface area contributed by atoms with E-state index in [-0.39, 0.29) is 12.0 Å². The summed E-state index contributed by atoms with van der Waals surface area (Å²) >= 11 is 0. The van der Waals surface area contributed by atoms with Crippen molar-refractivity contribution in [1.82, 2.24) is 0 Å². The molecule has 1 fully saturated rings. The Labute approximate surface area is 154 Å². The predicted molar refractivity (Wildman–Crippen MR) is 99.3 cm³/mol. The first kappa shape index (κ1) is 20.4. The number of aliphatic hydroxyl groups is 1. The van der Waals surface area contributed by atoms with Crippen LogP contribution in [0.3, 0.4) is 0 Å². The molecular formula is C20H29NO5. The Kier molecular flexibility index (Phi) is 5.23. The summed E-state index contributed by atoms with van der Waals surface area (Å²) in [5.41, 5.74) is -1.62. The van der Waals surface area contributed by atoms with Crippen molar-refractivity contribution in [3.05, 3.63) is 29.8 Å². The van der Waals surface area contributed by atoms with Crippen LogP contribution in [0.25, 0.3) is 0 Å². The molecule has 26 heavy (non-hydrogen) atoms. The largest absolute Gasteiger partial charge is 0.479 e. The lowest BCUT2D eigenvalue weighted by Gasteiger charge is -2.44. The number of ether oxygens (including phenoxy) is 1. The van der Waals surface area contributed by atoms with Crippen LogP contribution in [0, 0.1) is 5.41 Å². The molecule has 1 saturated heterocycles. The van der Waals surface area contributed by atoms with Crippen molar-refractivity contribution in [2.24, 2.45) is 5.41 Å². The highest BCUT2D eigenvalue weighted by atomic mass is 16.5. The van der Waals surface area contributed by atoms with E-state index in [1.54, 1.807) is 20.8 Å². The zero-order valence-electron chi connectivity index (χ0n) is 16.4. The summed E-state index contributed by atoms with van der Waals surface area (Å²) in [6.45, 7) is 11.5. The number of rotatable bonds is 3. The third-order valence-electron chi connectivity index (χ3n) is 4.98. The summed E-state index contributed by atoms with van der Waals surface area (Å²) in [6, 6.07) is 7.61. The Morgan fingerprint density at radius 2 is 1.65 bits per heavy atom. The Hall–Kier alpha value is -1.92. The highest BCUT2D eigenvalue weighted by molar-refractivity contribution is 6.01. The van der Waals surface area contributed by atoms with E-state index in [4.69, 9.17) is 4.74 Å². The first-order valence-electron chi connectivity index (χ1n) is 8.79. The summed E-state index contributed by atoms with van der Waals surface area (Å²) in [5.74, 6) is -2.01. The quantitative estimate of drug-likeness (QED) is 0.862. The SMILES string of the molecule is CC(C)(C)c1ccc(N2CCO[C@H]([C@@](O)(C(=O)O)C(C)(C)C)C2=O)cc1. The third-order valence-corrected chi connectivity index (χ3v) is 4.98. The van der Waals surface area contributed by atoms with Crippen LogP contribution in [0.15, 0.2) is 24.3 Å². The van der Waals surface area contributed by atoms with Crippen molar-refractivity contribution in [3.63, 3.8) is 0 Å². The molecule has 0 aliphatic carbocycles. The Bertz CT molecular complexity index is 684. The molecule has 6 nitrogen and oxygen atoms in total. The lowest BCUT2D eigenvalue weighted by atomic mass is 9.72. The van der Waals surface area contributed by atoms with Crippen molar-refractivity contribution < 1.29 is 24.5 Å². The van der Waals surface area contributed by atoms with Gasteiger partial charge >= 0.3 is 5.97 Å². The molecule has 2 N–H and O–H groups in total. The number of hydrogen-bond acceptors (Lipinski definition) is 4. The minimum Gasteiger partial charge on any atom is -0.479 e. The van der Waals surface area contributed by atoms with Gasteiger partial charge in [0.25, 0.3) is 5.91 Å². The number of carboxylic acid groups (broad SMARTS) is 1. The van der Waals surface area contributed by atoms with Gasteiger partial charge < -0.3 is 19.8 Å². The first-order chi connectivity index (χ1) is 11.8. The van der Waals surface area contributed by atoms with Gasteiger partial charge in [-0.3, -0.25) is 4.79 Å². The van der Waals surface area contributed by atoms with Gasteiger partial charge in [-0.25, -0.2) is 4.79 Å². The summed E-state index contributed by atoms with van der Waals surface area (Å²) in [4.78, 5) is 26.3. The number of carbonyl (C=O) groups excluding carboxylic acids is 1. The third kappa shape index (κ3) is 3.48. The molecule has 0 unspecified atom stereocenters. The van der Waals surface area contributed by atoms with Crippen LogP contribution in [0.4, 0.5) is 5.69 Å². The molecule has 6 heteroatoms. The number of amides is 1. The van der Waals surface area contributed by atoms with Gasteiger partial charge in [-0.05, 0) is 23.1 Å². The van der Waals surface area contributed by atoms with Crippen molar-refractivity contribution in [1.29, 1.82) is 0 Å². The molecular weight excluding hydrogens is 334 g/mol. The number of carbonyl (C=O) groups is 2. The lowest BCUT2D eigenvalue weighted by Crippen LogP contribution is -2.66. The number of morpholine rings is 1. The predicted octanol–water partition coefficient (Wildman–Crippen LogP) is 2.58. The van der Waals surface area contributed by atoms with Crippen LogP contribution >= 0.6 is 0 Å². The minimum atomic E-state index is -2.33. The number of benzene rings is 1. The van der Waals surface area contributed by atoms with Crippen LogP contribution < -0.4 is 4.90 Å². The second-order valence-corrected chi connectivity index (χ2v) is 8.86. The monoisotopic (exact) mass is 363 g/mol. The maximum absolute atomic E-state index is 13.0. The molecule has 0 bridgehead atoms. The molecule has 0 radical (unpaired) electrons. The fourth-order valence-corrected chi connectivity index (χ4v) is 3.11. The van der Waals surface area contributed by atoms with Gasteiger partial charge in [0.05, 0.1) is 6.61 Å². The number of nitrogens with zero attached hydrogens (tertiary/aromatic N) is 1. The first-order valence-corrected chi connectivity index (χ1v) is 8.79. The van der Waals surface area contributed by atoms with Crippen molar-refractivity contribution >= 4 is 17.6 Å². The van der Waals surface area contributed by atoms with Gasteiger partial charge in [-0.2, -0.15) is 0 Å². The minimum absolute atomic E-state index is 0.00806. The van der Waals surface area contributed by atoms with E-state index in [2.05, 4.69) is 20.8 Å². The number of hydrogen-bond donors (Lipinski definition) is 2. The van der Waals surface area contributed by atoms with Crippen molar-refractivity contribution in [3.8, 4) is 0 Å². The molecule has 1 amide bonds. The Balaban J connectivity index is 2.37. The van der Waals surface area contributed by atoms with Gasteiger partial charge in [0.1, 0.15) is 0 Å². The van der Waals surface area contributed by atoms with Crippen LogP contribution in [-0.2, 0) is 19.7 Å². The zero-order chi connectivity index (χ0) is 19.9. The fourth-order valence-electron chi connectivity index (χ4n) is 3.11. The van der Waals surface area contributed by atoms with E-state index in [9.17, 15) is 19.8 Å². The van der Waals surface area contributed by atoms with Crippen LogP contribution in [0.2, 0.25) is 0 Å². The van der Waals surface area contributed by atoms with E-state index >= 15 is 0 Å². The Morgan fingerprint density at radius 3 is 2.08 bits per heavy atom. The second-order valence-electron chi connectivity index (χ2n) is 8.86. The van der Waals surface area contributed by atoms with Gasteiger partial charge in [0, 0.05) is 17.6 Å². The normalized spacial score (nSPS) is 21.4. The average Bonchev–Trinajstić information content (AvgIpc) is 2.52. The average molecular weight is 363 g/mol. The van der Waals surface area contributed by atoms with Crippen LogP contribution in [0.1, 0.15) is 47.1 Å². The highest BCUT2D eigenvalue weighted by Crippen LogP contribution is 2.37. The Morgan fingerprint density at radius 1 is 1.12 bits per heavy atom. The standard InChI is InChI=1S/C20H29NO5/c1-18(2,3)13-7-9-14(10-8-13)21-11-12-26-15(16(21)22)20(25,17(23)24)19(4,5)6/h7-10,15,25H,11-12H2,1-6H3,(H,23,24)/t15-,20+/m0/s1. The number of aliphatic carboxylic acids is 1. The highest BCUT2D eigenvalue weighted by Gasteiger charge is 2.58. The molecule has 1 aromatic rings. The molecule has 144 valence electrons. The smallest absolute Gasteiger partial charge is 0.339 e. The van der Waals surface area contributed by atoms with Crippen LogP contribution in [-0.4, -0.2) is 46.9 Å². The molecule has 1 heterocycles. The molecule has 1 aliphatic heterocycles. The topological polar surface area (TPSA) is 87.1 Å². The van der Waals surface area contributed by atoms with Crippen molar-refractivity contribution in [2.45, 2.75) is 58.7 Å². The van der Waals surface area contributed by atoms with Gasteiger partial charge in [-0.15, -0.1) is 0 Å². The second kappa shape index (κ2) is 6.67. The molecule has 1 aromatic carbocycles. The van der Waals surface area contributed by atoms with Crippen LogP contribution in [0.5, 0.6) is 0 Å². The lowest BCUT2D eigenvalue weighted by molar-refractivity contribution is -0.203. The maximum Gasteiger partial charge on any atom is 0.339 e. The van der Waals surface area contributed by atoms with E-state index in [1.807, 2.05) is 24.3 Å². The summed E-state index contributed by atoms with van der Waals surface area (Å²) in [6.07, 6.45) is -1.46. The summed E-state index contributed by atoms with van der Waals surface area (Å²) in [5, 5.41) is 20.5. The van der Waals surface area contributed by atoms with Gasteiger partial charge in [-0.1, -0.05) is 53.7 Å². The van der Waals surface area contributed by atoms with Gasteiger partial charge in [0.15, 0.2) is 6.10 Å². The van der Waals surface area contributed by atoms with Gasteiger partial charge in [0.2, 0.25) is 5.60 Å². The fraction of sp³-hybridized carbons (Fsp3) is 0.600. The molecule has 2 rings (SSSR count). The van der Waals surface area contributed by atoms with E-state index in [1.165, 1.54) is 4.90 Å². The number of anilines is 1. The maximum atomic E-state index is 13.0. The van der Waals surface area contributed by atoms with E-state index < -0.39 is 29.0 Å². The summed E-state index contributed by atoms with van der Waals surface area (Å²) < 4.78 is 5.45. The van der Waals surface area contributed by atoms with Crippen molar-refractivity contribution in [2.75, 3.05) is 18.1 Å². The van der Waals surface area contributed by atoms with E-state index in [0.717, 1.165) is 5.56 Å². The molecule has 2 atom stereocenters. The molecule has 0 aromatic heterocycles. The molecule has 0 spiro atoms. The van der Waals surface area contributed by atoms with E-state index in [0.29, 0.717) is 12.2 Å². The summed E-state index contributed by atoms with van der Waals surface area (Å²) in [7, 11) is 0. The number of carboxylic acids is 1. The molecule has 0 saturated carbocycles. The zero-order valence-corrected chi connectivity index (χ0v) is 16.4.